The first-order chi connectivity index (χ1) is 11.5. The maximum atomic E-state index is 12.2. The summed E-state index contributed by atoms with van der Waals surface area (Å²) in [4.78, 5) is 12.2. The molecule has 0 spiro atoms. The molecule has 0 fully saturated rings. The third-order valence-electron chi connectivity index (χ3n) is 4.22. The molecule has 0 aliphatic carbocycles. The number of aliphatic hydroxyl groups excluding tert-OH is 1. The van der Waals surface area contributed by atoms with Gasteiger partial charge in [-0.2, -0.15) is 0 Å². The topological polar surface area (TPSA) is 63.1 Å². The fraction of sp³-hybridized carbons (Fsp3) is 0.350. The molecular weight excluding hydrogens is 338 g/mol. The molecule has 2 aromatic carbocycles. The minimum atomic E-state index is -0.544. The van der Waals surface area contributed by atoms with Crippen molar-refractivity contribution in [3.8, 4) is 5.75 Å². The monoisotopic (exact) mass is 363 g/mol. The zero-order valence-corrected chi connectivity index (χ0v) is 15.7. The number of hydrogen-bond acceptors (Lipinski definition) is 3. The molecule has 25 heavy (non-hydrogen) atoms. The summed E-state index contributed by atoms with van der Waals surface area (Å²) < 4.78 is 5.14. The maximum Gasteiger partial charge on any atom is 0.168 e. The van der Waals surface area contributed by atoms with Gasteiger partial charge in [-0.25, -0.2) is 0 Å². The number of Topliss-reactive ketones (excluding diaryl/α,β-unsaturated/α-hetero) is 1. The highest BCUT2D eigenvalue weighted by Crippen LogP contribution is 2.16. The van der Waals surface area contributed by atoms with Crippen LogP contribution in [0.5, 0.6) is 5.75 Å². The van der Waals surface area contributed by atoms with E-state index in [0.717, 1.165) is 5.56 Å². The van der Waals surface area contributed by atoms with Crippen LogP contribution in [0.2, 0.25) is 0 Å². The number of quaternary nitrogens is 1. The molecule has 2 unspecified atom stereocenters. The van der Waals surface area contributed by atoms with E-state index in [2.05, 4.69) is 0 Å². The first kappa shape index (κ1) is 21.2. The van der Waals surface area contributed by atoms with Gasteiger partial charge in [-0.1, -0.05) is 42.0 Å². The predicted molar refractivity (Wildman–Crippen MR) is 94.3 cm³/mol. The molecule has 0 aliphatic rings. The molecule has 3 N–H and O–H groups in total. The van der Waals surface area contributed by atoms with E-state index in [1.165, 1.54) is 5.56 Å². The fourth-order valence-corrected chi connectivity index (χ4v) is 2.61. The van der Waals surface area contributed by atoms with E-state index in [0.29, 0.717) is 24.3 Å². The van der Waals surface area contributed by atoms with Crippen LogP contribution >= 0.6 is 0 Å². The summed E-state index contributed by atoms with van der Waals surface area (Å²) >= 11 is 0. The van der Waals surface area contributed by atoms with E-state index in [4.69, 9.17) is 4.74 Å². The van der Waals surface area contributed by atoms with Crippen LogP contribution < -0.4 is 22.5 Å². The largest absolute Gasteiger partial charge is 1.00 e. The fourth-order valence-electron chi connectivity index (χ4n) is 2.61. The van der Waals surface area contributed by atoms with Crippen LogP contribution in [0.4, 0.5) is 0 Å². The Labute approximate surface area is 155 Å². The number of methoxy groups -OCH3 is 1. The summed E-state index contributed by atoms with van der Waals surface area (Å²) in [6, 6.07) is 15.1. The zero-order chi connectivity index (χ0) is 17.5. The number of nitrogens with two attached hydrogens (primary N) is 1. The number of rotatable bonds is 8. The van der Waals surface area contributed by atoms with Crippen LogP contribution in [0.15, 0.2) is 48.5 Å². The van der Waals surface area contributed by atoms with Crippen LogP contribution in [-0.4, -0.2) is 30.6 Å². The highest BCUT2D eigenvalue weighted by Gasteiger charge is 2.19. The molecule has 2 rings (SSSR count). The van der Waals surface area contributed by atoms with E-state index in [-0.39, 0.29) is 24.2 Å². The molecular formula is C20H26ClNO3. The number of hydrogen-bond donors (Lipinski definition) is 2. The van der Waals surface area contributed by atoms with Gasteiger partial charge in [0.15, 0.2) is 5.78 Å². The Morgan fingerprint density at radius 3 is 2.52 bits per heavy atom. The molecule has 136 valence electrons. The van der Waals surface area contributed by atoms with E-state index in [1.54, 1.807) is 19.2 Å². The van der Waals surface area contributed by atoms with Crippen molar-refractivity contribution >= 4 is 5.78 Å². The van der Waals surface area contributed by atoms with Crippen LogP contribution in [0.3, 0.4) is 0 Å². The second-order valence-corrected chi connectivity index (χ2v) is 6.14. The molecule has 0 heterocycles. The molecule has 0 amide bonds. The summed E-state index contributed by atoms with van der Waals surface area (Å²) in [5, 5.41) is 12.4. The van der Waals surface area contributed by atoms with Gasteiger partial charge in [0.05, 0.1) is 20.1 Å². The molecule has 4 nitrogen and oxygen atoms in total. The summed E-state index contributed by atoms with van der Waals surface area (Å²) in [6.45, 7) is 4.64. The average molecular weight is 364 g/mol. The van der Waals surface area contributed by atoms with Crippen LogP contribution in [0.25, 0.3) is 0 Å². The van der Waals surface area contributed by atoms with Crippen molar-refractivity contribution in [3.63, 3.8) is 0 Å². The number of ketones is 1. The van der Waals surface area contributed by atoms with Crippen molar-refractivity contribution in [2.24, 2.45) is 0 Å². The van der Waals surface area contributed by atoms with E-state index in [1.807, 2.05) is 55.6 Å². The van der Waals surface area contributed by atoms with Crippen molar-refractivity contribution < 1.29 is 32.4 Å². The van der Waals surface area contributed by atoms with Gasteiger partial charge in [0.1, 0.15) is 17.9 Å². The first-order valence-electron chi connectivity index (χ1n) is 8.26. The Morgan fingerprint density at radius 1 is 1.20 bits per heavy atom. The first-order valence-corrected chi connectivity index (χ1v) is 8.26. The number of carbonyl (C=O) groups is 1. The Morgan fingerprint density at radius 2 is 1.88 bits per heavy atom. The lowest BCUT2D eigenvalue weighted by Gasteiger charge is -2.18. The van der Waals surface area contributed by atoms with E-state index >= 15 is 0 Å². The molecule has 0 radical (unpaired) electrons. The third kappa shape index (κ3) is 6.16. The maximum absolute atomic E-state index is 12.2. The van der Waals surface area contributed by atoms with Gasteiger partial charge in [0, 0.05) is 5.56 Å². The van der Waals surface area contributed by atoms with Gasteiger partial charge in [-0.3, -0.25) is 4.79 Å². The number of benzene rings is 2. The Kier molecular flexibility index (Phi) is 8.62. The molecule has 5 heteroatoms. The lowest BCUT2D eigenvalue weighted by Crippen LogP contribution is -3.00. The average Bonchev–Trinajstić information content (AvgIpc) is 2.61. The van der Waals surface area contributed by atoms with Crippen molar-refractivity contribution in [2.45, 2.75) is 32.4 Å². The Balaban J connectivity index is 0.00000312. The van der Waals surface area contributed by atoms with Crippen LogP contribution in [0, 0.1) is 6.92 Å². The molecule has 0 bridgehead atoms. The van der Waals surface area contributed by atoms with Gasteiger partial charge in [-0.05, 0) is 31.5 Å². The van der Waals surface area contributed by atoms with Crippen molar-refractivity contribution in [1.29, 1.82) is 0 Å². The number of ether oxygens (including phenoxy) is 1. The van der Waals surface area contributed by atoms with E-state index < -0.39 is 6.10 Å². The van der Waals surface area contributed by atoms with Gasteiger partial charge in [-0.15, -0.1) is 0 Å². The Hall–Kier alpha value is -1.88. The highest BCUT2D eigenvalue weighted by molar-refractivity contribution is 5.96. The lowest BCUT2D eigenvalue weighted by atomic mass is 10.0. The number of carbonyl (C=O) groups excluding carboxylic acids is 1. The van der Waals surface area contributed by atoms with Crippen molar-refractivity contribution in [3.05, 3.63) is 65.2 Å². The third-order valence-corrected chi connectivity index (χ3v) is 4.22. The molecule has 0 aliphatic heterocycles. The lowest BCUT2D eigenvalue weighted by molar-refractivity contribution is -0.693. The summed E-state index contributed by atoms with van der Waals surface area (Å²) in [7, 11) is 1.59. The molecule has 0 saturated carbocycles. The normalized spacial score (nSPS) is 12.8. The number of halogens is 1. The molecule has 2 aromatic rings. The highest BCUT2D eigenvalue weighted by atomic mass is 35.5. The number of aliphatic hydroxyl groups is 1. The second-order valence-electron chi connectivity index (χ2n) is 6.14. The zero-order valence-electron chi connectivity index (χ0n) is 14.9. The summed E-state index contributed by atoms with van der Waals surface area (Å²) in [5.74, 6) is 0.773. The second kappa shape index (κ2) is 10.2. The standard InChI is InChI=1S/C20H25NO3.ClH/c1-14-7-9-16(10-8-14)20(23)15(2)21-12-11-19(22)17-5-4-6-18(13-17)24-3;/h4-10,13,15,20-21,23H,11-12H2,1-3H3;1H. The van der Waals surface area contributed by atoms with Gasteiger partial charge in [0.25, 0.3) is 0 Å². The van der Waals surface area contributed by atoms with Gasteiger partial charge in [0.2, 0.25) is 0 Å². The molecule has 2 atom stereocenters. The van der Waals surface area contributed by atoms with E-state index in [9.17, 15) is 9.90 Å². The minimum absolute atomic E-state index is 0. The molecule has 0 aromatic heterocycles. The SMILES string of the molecule is COc1cccc(C(=O)CC[NH2+]C(C)C(O)c2ccc(C)cc2)c1.[Cl-]. The van der Waals surface area contributed by atoms with Gasteiger partial charge < -0.3 is 27.6 Å². The van der Waals surface area contributed by atoms with Crippen LogP contribution in [0.1, 0.15) is 40.9 Å². The van der Waals surface area contributed by atoms with Crippen molar-refractivity contribution in [2.75, 3.05) is 13.7 Å². The summed E-state index contributed by atoms with van der Waals surface area (Å²) in [6.07, 6.45) is -0.115. The summed E-state index contributed by atoms with van der Waals surface area (Å²) in [5.41, 5.74) is 2.74. The van der Waals surface area contributed by atoms with Crippen molar-refractivity contribution in [1.82, 2.24) is 0 Å². The number of aryl methyl sites for hydroxylation is 1. The quantitative estimate of drug-likeness (QED) is 0.608. The smallest absolute Gasteiger partial charge is 0.168 e. The van der Waals surface area contributed by atoms with Gasteiger partial charge >= 0.3 is 0 Å². The minimum Gasteiger partial charge on any atom is -1.00 e. The predicted octanol–water partition coefficient (Wildman–Crippen LogP) is -0.734. The molecule has 0 saturated heterocycles. The van der Waals surface area contributed by atoms with Crippen LogP contribution in [-0.2, 0) is 0 Å². The Bertz CT molecular complexity index is 673.